The standard InChI is InChI=1S/C18H13ClFNO4/c1-24-16-8-12(6-13(9-21)18(22)23)7-15(19)17(16)25-10-11-2-4-14(20)5-3-11/h2-8H,10H2,1H3,(H,22,23). The monoisotopic (exact) mass is 361 g/mol. The van der Waals surface area contributed by atoms with E-state index >= 15 is 0 Å². The minimum Gasteiger partial charge on any atom is -0.493 e. The number of rotatable bonds is 6. The average Bonchev–Trinajstić information content (AvgIpc) is 2.59. The number of aliphatic carboxylic acids is 1. The van der Waals surface area contributed by atoms with Crippen LogP contribution in [0.15, 0.2) is 42.0 Å². The molecule has 0 fully saturated rings. The van der Waals surface area contributed by atoms with E-state index in [1.807, 2.05) is 0 Å². The zero-order chi connectivity index (χ0) is 18.4. The summed E-state index contributed by atoms with van der Waals surface area (Å²) in [6.45, 7) is 0.143. The molecule has 0 atom stereocenters. The van der Waals surface area contributed by atoms with Crippen molar-refractivity contribution in [2.75, 3.05) is 7.11 Å². The maximum atomic E-state index is 12.9. The first-order valence-corrected chi connectivity index (χ1v) is 7.42. The summed E-state index contributed by atoms with van der Waals surface area (Å²) in [5, 5.41) is 17.9. The van der Waals surface area contributed by atoms with Crippen molar-refractivity contribution in [1.82, 2.24) is 0 Å². The van der Waals surface area contributed by atoms with Gasteiger partial charge < -0.3 is 14.6 Å². The van der Waals surface area contributed by atoms with E-state index in [-0.39, 0.29) is 28.9 Å². The third-order valence-electron chi connectivity index (χ3n) is 3.21. The molecule has 2 rings (SSSR count). The van der Waals surface area contributed by atoms with E-state index in [1.165, 1.54) is 37.5 Å². The van der Waals surface area contributed by atoms with Crippen molar-refractivity contribution in [2.45, 2.75) is 6.61 Å². The zero-order valence-corrected chi connectivity index (χ0v) is 13.9. The molecule has 0 saturated carbocycles. The van der Waals surface area contributed by atoms with Gasteiger partial charge in [-0.3, -0.25) is 0 Å². The molecule has 5 nitrogen and oxygen atoms in total. The molecule has 2 aromatic carbocycles. The molecule has 0 bridgehead atoms. The number of carbonyl (C=O) groups is 1. The average molecular weight is 362 g/mol. The van der Waals surface area contributed by atoms with Crippen LogP contribution in [-0.4, -0.2) is 18.2 Å². The van der Waals surface area contributed by atoms with Crippen LogP contribution in [-0.2, 0) is 11.4 Å². The maximum Gasteiger partial charge on any atom is 0.346 e. The van der Waals surface area contributed by atoms with E-state index in [2.05, 4.69) is 0 Å². The van der Waals surface area contributed by atoms with Crippen molar-refractivity contribution in [2.24, 2.45) is 0 Å². The fourth-order valence-corrected chi connectivity index (χ4v) is 2.28. The van der Waals surface area contributed by atoms with Crippen LogP contribution in [0.3, 0.4) is 0 Å². The lowest BCUT2D eigenvalue weighted by Gasteiger charge is -2.13. The molecule has 0 saturated heterocycles. The molecule has 0 heterocycles. The lowest BCUT2D eigenvalue weighted by atomic mass is 10.1. The van der Waals surface area contributed by atoms with Gasteiger partial charge in [0.05, 0.1) is 12.1 Å². The summed E-state index contributed by atoms with van der Waals surface area (Å²) >= 11 is 6.19. The highest BCUT2D eigenvalue weighted by Gasteiger charge is 2.13. The number of hydrogen-bond donors (Lipinski definition) is 1. The molecular weight excluding hydrogens is 349 g/mol. The summed E-state index contributed by atoms with van der Waals surface area (Å²) in [4.78, 5) is 10.9. The summed E-state index contributed by atoms with van der Waals surface area (Å²) in [6, 6.07) is 10.4. The van der Waals surface area contributed by atoms with Crippen molar-refractivity contribution in [3.8, 4) is 17.6 Å². The number of nitrogens with zero attached hydrogens (tertiary/aromatic N) is 1. The minimum absolute atomic E-state index is 0.143. The quantitative estimate of drug-likeness (QED) is 0.620. The van der Waals surface area contributed by atoms with Crippen LogP contribution in [0.2, 0.25) is 5.02 Å². The Kier molecular flexibility index (Phi) is 5.98. The summed E-state index contributed by atoms with van der Waals surface area (Å²) in [6.07, 6.45) is 1.18. The van der Waals surface area contributed by atoms with Gasteiger partial charge in [-0.05, 0) is 41.5 Å². The molecule has 0 aromatic heterocycles. The maximum absolute atomic E-state index is 12.9. The molecule has 25 heavy (non-hydrogen) atoms. The number of benzene rings is 2. The third-order valence-corrected chi connectivity index (χ3v) is 3.49. The summed E-state index contributed by atoms with van der Waals surface area (Å²) < 4.78 is 23.8. The predicted molar refractivity (Wildman–Crippen MR) is 90.0 cm³/mol. The molecular formula is C18H13ClFNO4. The fraction of sp³-hybridized carbons (Fsp3) is 0.111. The predicted octanol–water partition coefficient (Wildman–Crippen LogP) is 4.06. The van der Waals surface area contributed by atoms with Gasteiger partial charge in [0.1, 0.15) is 24.1 Å². The number of ether oxygens (including phenoxy) is 2. The third kappa shape index (κ3) is 4.72. The molecule has 0 aliphatic heterocycles. The lowest BCUT2D eigenvalue weighted by molar-refractivity contribution is -0.132. The van der Waals surface area contributed by atoms with Gasteiger partial charge in [-0.25, -0.2) is 9.18 Å². The summed E-state index contributed by atoms with van der Waals surface area (Å²) in [5.41, 5.74) is 0.689. The van der Waals surface area contributed by atoms with Gasteiger partial charge in [0.2, 0.25) is 0 Å². The number of carboxylic acid groups (broad SMARTS) is 1. The minimum atomic E-state index is -1.34. The van der Waals surface area contributed by atoms with E-state index < -0.39 is 11.5 Å². The fourth-order valence-electron chi connectivity index (χ4n) is 2.01. The van der Waals surface area contributed by atoms with Gasteiger partial charge in [-0.1, -0.05) is 23.7 Å². The Morgan fingerprint density at radius 3 is 2.60 bits per heavy atom. The second-order valence-electron chi connectivity index (χ2n) is 4.92. The molecule has 7 heteroatoms. The summed E-state index contributed by atoms with van der Waals surface area (Å²) in [7, 11) is 1.41. The lowest BCUT2D eigenvalue weighted by Crippen LogP contribution is -2.00. The molecule has 0 unspecified atom stereocenters. The molecule has 0 aliphatic carbocycles. The second-order valence-corrected chi connectivity index (χ2v) is 5.33. The second kappa shape index (κ2) is 8.18. The van der Waals surface area contributed by atoms with E-state index in [0.717, 1.165) is 5.56 Å². The molecule has 0 aliphatic rings. The van der Waals surface area contributed by atoms with Crippen LogP contribution in [0.1, 0.15) is 11.1 Å². The van der Waals surface area contributed by atoms with Crippen molar-refractivity contribution >= 4 is 23.6 Å². The van der Waals surface area contributed by atoms with Crippen molar-refractivity contribution in [1.29, 1.82) is 5.26 Å². The molecule has 0 radical (unpaired) electrons. The number of nitriles is 1. The Balaban J connectivity index is 2.29. The van der Waals surface area contributed by atoms with Crippen LogP contribution >= 0.6 is 11.6 Å². The van der Waals surface area contributed by atoms with E-state index in [9.17, 15) is 9.18 Å². The highest BCUT2D eigenvalue weighted by atomic mass is 35.5. The number of halogens is 2. The first kappa shape index (κ1) is 18.3. The molecule has 0 amide bonds. The largest absolute Gasteiger partial charge is 0.493 e. The number of methoxy groups -OCH3 is 1. The van der Waals surface area contributed by atoms with Crippen LogP contribution in [0.25, 0.3) is 6.08 Å². The number of hydrogen-bond acceptors (Lipinski definition) is 4. The number of carboxylic acids is 1. The topological polar surface area (TPSA) is 79.5 Å². The molecule has 2 aromatic rings. The van der Waals surface area contributed by atoms with Crippen LogP contribution in [0.4, 0.5) is 4.39 Å². The molecule has 0 spiro atoms. The Bertz CT molecular complexity index is 857. The van der Waals surface area contributed by atoms with Gasteiger partial charge in [-0.15, -0.1) is 0 Å². The van der Waals surface area contributed by atoms with E-state index in [0.29, 0.717) is 5.56 Å². The highest BCUT2D eigenvalue weighted by molar-refractivity contribution is 6.32. The Morgan fingerprint density at radius 1 is 1.36 bits per heavy atom. The van der Waals surface area contributed by atoms with E-state index in [1.54, 1.807) is 18.2 Å². The van der Waals surface area contributed by atoms with E-state index in [4.69, 9.17) is 31.4 Å². The SMILES string of the molecule is COc1cc(C=C(C#N)C(=O)O)cc(Cl)c1OCc1ccc(F)cc1. The Morgan fingerprint density at radius 2 is 2.04 bits per heavy atom. The van der Waals surface area contributed by atoms with Crippen LogP contribution in [0.5, 0.6) is 11.5 Å². The van der Waals surface area contributed by atoms with Crippen LogP contribution < -0.4 is 9.47 Å². The first-order chi connectivity index (χ1) is 11.9. The zero-order valence-electron chi connectivity index (χ0n) is 13.1. The van der Waals surface area contributed by atoms with Gasteiger partial charge in [0, 0.05) is 0 Å². The van der Waals surface area contributed by atoms with Gasteiger partial charge in [0.15, 0.2) is 11.5 Å². The smallest absolute Gasteiger partial charge is 0.346 e. The Labute approximate surface area is 148 Å². The normalized spacial score (nSPS) is 10.9. The molecule has 128 valence electrons. The van der Waals surface area contributed by atoms with Gasteiger partial charge in [0.25, 0.3) is 0 Å². The highest BCUT2D eigenvalue weighted by Crippen LogP contribution is 2.37. The van der Waals surface area contributed by atoms with Crippen LogP contribution in [0, 0.1) is 17.1 Å². The van der Waals surface area contributed by atoms with Gasteiger partial charge in [-0.2, -0.15) is 5.26 Å². The van der Waals surface area contributed by atoms with Crippen molar-refractivity contribution in [3.05, 3.63) is 63.9 Å². The molecule has 1 N–H and O–H groups in total. The summed E-state index contributed by atoms with van der Waals surface area (Å²) in [5.74, 6) is -1.14. The Hall–Kier alpha value is -3.04. The van der Waals surface area contributed by atoms with Crippen molar-refractivity contribution in [3.63, 3.8) is 0 Å². The van der Waals surface area contributed by atoms with Crippen molar-refractivity contribution < 1.29 is 23.8 Å². The first-order valence-electron chi connectivity index (χ1n) is 7.04. The van der Waals surface area contributed by atoms with Gasteiger partial charge >= 0.3 is 5.97 Å².